The first-order valence-electron chi connectivity index (χ1n) is 6.77. The molecule has 2 rings (SSSR count). The van der Waals surface area contributed by atoms with Crippen LogP contribution in [0.15, 0.2) is 38.1 Å². The van der Waals surface area contributed by atoms with Crippen LogP contribution in [0.3, 0.4) is 0 Å². The van der Waals surface area contributed by atoms with Crippen molar-refractivity contribution in [3.8, 4) is 6.07 Å². The van der Waals surface area contributed by atoms with Gasteiger partial charge in [0.1, 0.15) is 18.2 Å². The Hall–Kier alpha value is -2.51. The summed E-state index contributed by atoms with van der Waals surface area (Å²) in [6, 6.07) is 6.07. The number of pyridine rings is 1. The number of nitrogens with one attached hydrogen (secondary N) is 1. The summed E-state index contributed by atoms with van der Waals surface area (Å²) in [6.07, 6.45) is 0.933. The third-order valence-electron chi connectivity index (χ3n) is 3.17. The summed E-state index contributed by atoms with van der Waals surface area (Å²) < 4.78 is 2.11. The van der Waals surface area contributed by atoms with E-state index in [2.05, 4.69) is 37.2 Å². The fourth-order valence-electron chi connectivity index (χ4n) is 2.07. The van der Waals surface area contributed by atoms with Crippen LogP contribution in [0.2, 0.25) is 0 Å². The van der Waals surface area contributed by atoms with E-state index in [1.807, 2.05) is 6.92 Å². The maximum Gasteiger partial charge on any atom is 0.287 e. The molecule has 2 aromatic rings. The van der Waals surface area contributed by atoms with Crippen molar-refractivity contribution in [2.45, 2.75) is 13.5 Å². The van der Waals surface area contributed by atoms with Gasteiger partial charge in [-0.2, -0.15) is 5.26 Å². The highest BCUT2D eigenvalue weighted by molar-refractivity contribution is 9.11. The van der Waals surface area contributed by atoms with E-state index in [-0.39, 0.29) is 0 Å². The number of nitro groups is 1. The normalized spacial score (nSPS) is 10.2. The van der Waals surface area contributed by atoms with E-state index < -0.39 is 34.2 Å². The predicted molar refractivity (Wildman–Crippen MR) is 97.3 cm³/mol. The molecular formula is C15H10Br2N4O4. The smallest absolute Gasteiger partial charge is 0.287 e. The molecule has 1 aromatic heterocycles. The summed E-state index contributed by atoms with van der Waals surface area (Å²) >= 11 is 6.67. The van der Waals surface area contributed by atoms with Gasteiger partial charge in [-0.05, 0) is 56.5 Å². The van der Waals surface area contributed by atoms with E-state index in [4.69, 9.17) is 5.26 Å². The lowest BCUT2D eigenvalue weighted by atomic mass is 10.2. The molecular weight excluding hydrogens is 460 g/mol. The third-order valence-corrected chi connectivity index (χ3v) is 4.42. The van der Waals surface area contributed by atoms with Crippen molar-refractivity contribution in [2.75, 3.05) is 5.32 Å². The van der Waals surface area contributed by atoms with Gasteiger partial charge in [0.05, 0.1) is 16.8 Å². The van der Waals surface area contributed by atoms with Gasteiger partial charge >= 0.3 is 0 Å². The van der Waals surface area contributed by atoms with E-state index in [1.54, 1.807) is 18.2 Å². The van der Waals surface area contributed by atoms with Gasteiger partial charge in [-0.25, -0.2) is 0 Å². The van der Waals surface area contributed by atoms with Gasteiger partial charge in [-0.15, -0.1) is 0 Å². The molecule has 10 heteroatoms. The zero-order chi connectivity index (χ0) is 18.7. The fraction of sp³-hybridized carbons (Fsp3) is 0.133. The number of aromatic nitrogens is 1. The molecule has 0 aliphatic rings. The number of benzene rings is 1. The highest BCUT2D eigenvalue weighted by Crippen LogP contribution is 2.32. The monoisotopic (exact) mass is 468 g/mol. The Labute approximate surface area is 158 Å². The molecule has 0 saturated heterocycles. The van der Waals surface area contributed by atoms with Gasteiger partial charge in [-0.3, -0.25) is 24.3 Å². The lowest BCUT2D eigenvalue weighted by Crippen LogP contribution is -2.29. The molecule has 0 spiro atoms. The van der Waals surface area contributed by atoms with Crippen molar-refractivity contribution >= 4 is 49.1 Å². The fourth-order valence-corrected chi connectivity index (χ4v) is 3.68. The quantitative estimate of drug-likeness (QED) is 0.545. The Bertz CT molecular complexity index is 955. The van der Waals surface area contributed by atoms with Gasteiger partial charge in [0.25, 0.3) is 11.2 Å². The van der Waals surface area contributed by atoms with E-state index >= 15 is 0 Å². The molecule has 0 aliphatic heterocycles. The summed E-state index contributed by atoms with van der Waals surface area (Å²) in [6.45, 7) is 1.41. The van der Waals surface area contributed by atoms with E-state index in [0.29, 0.717) is 14.6 Å². The summed E-state index contributed by atoms with van der Waals surface area (Å²) in [5.74, 6) is -0.572. The van der Waals surface area contributed by atoms with Crippen molar-refractivity contribution in [3.05, 3.63) is 64.9 Å². The van der Waals surface area contributed by atoms with E-state index in [9.17, 15) is 19.7 Å². The topological polar surface area (TPSA) is 118 Å². The SMILES string of the molecule is Cc1cc(Br)c(NC(=O)Cn2cc([N+](=O)[O-])cc(C#N)c2=O)c(Br)c1. The molecule has 1 heterocycles. The van der Waals surface area contributed by atoms with Crippen LogP contribution in [0.1, 0.15) is 11.1 Å². The standard InChI is InChI=1S/C15H10Br2N4O4/c1-8-2-11(16)14(12(17)3-8)19-13(22)7-20-6-10(21(24)25)4-9(5-18)15(20)23/h2-4,6H,7H2,1H3,(H,19,22). The minimum absolute atomic E-state index is 0.403. The predicted octanol–water partition coefficient (Wildman–Crippen LogP) is 3.10. The van der Waals surface area contributed by atoms with Crippen LogP contribution in [0.4, 0.5) is 11.4 Å². The van der Waals surface area contributed by atoms with Crippen molar-refractivity contribution in [2.24, 2.45) is 0 Å². The van der Waals surface area contributed by atoms with Crippen molar-refractivity contribution in [3.63, 3.8) is 0 Å². The number of hydrogen-bond acceptors (Lipinski definition) is 5. The Morgan fingerprint density at radius 2 is 1.96 bits per heavy atom. The molecule has 1 N–H and O–H groups in total. The number of nitriles is 1. The number of aryl methyl sites for hydroxylation is 1. The second-order valence-electron chi connectivity index (χ2n) is 5.07. The summed E-state index contributed by atoms with van der Waals surface area (Å²) in [4.78, 5) is 34.5. The molecule has 0 fully saturated rings. The number of nitrogens with zero attached hydrogens (tertiary/aromatic N) is 3. The van der Waals surface area contributed by atoms with Gasteiger partial charge < -0.3 is 5.32 Å². The first-order chi connectivity index (χ1) is 11.7. The number of carbonyl (C=O) groups is 1. The van der Waals surface area contributed by atoms with Gasteiger partial charge in [-0.1, -0.05) is 0 Å². The van der Waals surface area contributed by atoms with Crippen LogP contribution in [-0.4, -0.2) is 15.4 Å². The minimum Gasteiger partial charge on any atom is -0.323 e. The van der Waals surface area contributed by atoms with Crippen LogP contribution in [-0.2, 0) is 11.3 Å². The van der Waals surface area contributed by atoms with Crippen LogP contribution in [0.25, 0.3) is 0 Å². The maximum atomic E-state index is 12.2. The first kappa shape index (κ1) is 18.8. The molecule has 0 saturated carbocycles. The van der Waals surface area contributed by atoms with Crippen molar-refractivity contribution in [1.29, 1.82) is 5.26 Å². The van der Waals surface area contributed by atoms with Crippen molar-refractivity contribution < 1.29 is 9.72 Å². The lowest BCUT2D eigenvalue weighted by molar-refractivity contribution is -0.385. The molecule has 1 amide bonds. The highest BCUT2D eigenvalue weighted by atomic mass is 79.9. The largest absolute Gasteiger partial charge is 0.323 e. The summed E-state index contributed by atoms with van der Waals surface area (Å²) in [5.41, 5.74) is -0.188. The summed E-state index contributed by atoms with van der Waals surface area (Å²) in [7, 11) is 0. The molecule has 8 nitrogen and oxygen atoms in total. The average Bonchev–Trinajstić information content (AvgIpc) is 2.52. The van der Waals surface area contributed by atoms with Gasteiger partial charge in [0, 0.05) is 15.0 Å². The molecule has 0 bridgehead atoms. The Balaban J connectivity index is 2.33. The van der Waals surface area contributed by atoms with Gasteiger partial charge in [0.15, 0.2) is 0 Å². The average molecular weight is 470 g/mol. The maximum absolute atomic E-state index is 12.2. The zero-order valence-corrected chi connectivity index (χ0v) is 15.9. The van der Waals surface area contributed by atoms with E-state index in [0.717, 1.165) is 22.4 Å². The second-order valence-corrected chi connectivity index (χ2v) is 6.77. The first-order valence-corrected chi connectivity index (χ1v) is 8.36. The van der Waals surface area contributed by atoms with Crippen LogP contribution >= 0.6 is 31.9 Å². The van der Waals surface area contributed by atoms with Gasteiger partial charge in [0.2, 0.25) is 5.91 Å². The number of anilines is 1. The lowest BCUT2D eigenvalue weighted by Gasteiger charge is -2.12. The number of amides is 1. The Morgan fingerprint density at radius 3 is 2.48 bits per heavy atom. The Kier molecular flexibility index (Phi) is 5.71. The molecule has 0 unspecified atom stereocenters. The zero-order valence-electron chi connectivity index (χ0n) is 12.7. The number of rotatable bonds is 4. The van der Waals surface area contributed by atoms with Crippen LogP contribution in [0.5, 0.6) is 0 Å². The molecule has 128 valence electrons. The Morgan fingerprint density at radius 1 is 1.36 bits per heavy atom. The molecule has 1 aromatic carbocycles. The van der Waals surface area contributed by atoms with Crippen LogP contribution < -0.4 is 10.9 Å². The van der Waals surface area contributed by atoms with Crippen LogP contribution in [0, 0.1) is 28.4 Å². The molecule has 0 atom stereocenters. The highest BCUT2D eigenvalue weighted by Gasteiger charge is 2.17. The molecule has 0 aliphatic carbocycles. The molecule has 25 heavy (non-hydrogen) atoms. The summed E-state index contributed by atoms with van der Waals surface area (Å²) in [5, 5.41) is 22.4. The number of halogens is 2. The number of hydrogen-bond donors (Lipinski definition) is 1. The number of carbonyl (C=O) groups excluding carboxylic acids is 1. The van der Waals surface area contributed by atoms with E-state index in [1.165, 1.54) is 0 Å². The minimum atomic E-state index is -0.773. The second kappa shape index (κ2) is 7.58. The molecule has 0 radical (unpaired) electrons. The third kappa shape index (κ3) is 4.32. The van der Waals surface area contributed by atoms with Crippen molar-refractivity contribution in [1.82, 2.24) is 4.57 Å².